The number of amides is 1. The fraction of sp³-hybridized carbons (Fsp3) is 0.280. The molecule has 28 heavy (non-hydrogen) atoms. The second kappa shape index (κ2) is 8.39. The first kappa shape index (κ1) is 18.4. The molecule has 1 aliphatic carbocycles. The molecular weight excluding hydrogens is 344 g/mol. The van der Waals surface area contributed by atoms with Gasteiger partial charge in [-0.2, -0.15) is 0 Å². The fourth-order valence-electron chi connectivity index (χ4n) is 3.99. The third kappa shape index (κ3) is 3.84. The highest BCUT2D eigenvalue weighted by molar-refractivity contribution is 5.98. The van der Waals surface area contributed by atoms with Gasteiger partial charge in [0.15, 0.2) is 0 Å². The summed E-state index contributed by atoms with van der Waals surface area (Å²) in [6.45, 7) is 2.68. The van der Waals surface area contributed by atoms with Gasteiger partial charge in [0.05, 0.1) is 18.2 Å². The summed E-state index contributed by atoms with van der Waals surface area (Å²) in [6, 6.07) is 24.5. The van der Waals surface area contributed by atoms with Gasteiger partial charge < -0.3 is 4.90 Å². The van der Waals surface area contributed by atoms with Crippen molar-refractivity contribution in [3.8, 4) is 0 Å². The number of pyridine rings is 1. The Hall–Kier alpha value is -2.94. The van der Waals surface area contributed by atoms with Crippen LogP contribution in [-0.4, -0.2) is 10.9 Å². The van der Waals surface area contributed by atoms with Crippen molar-refractivity contribution >= 4 is 11.6 Å². The molecule has 3 aromatic rings. The van der Waals surface area contributed by atoms with Crippen molar-refractivity contribution in [1.29, 1.82) is 0 Å². The van der Waals surface area contributed by atoms with Crippen molar-refractivity contribution in [2.24, 2.45) is 0 Å². The summed E-state index contributed by atoms with van der Waals surface area (Å²) in [6.07, 6.45) is 3.80. The highest BCUT2D eigenvalue weighted by atomic mass is 16.2. The number of nitrogens with zero attached hydrogens (tertiary/aromatic N) is 2. The van der Waals surface area contributed by atoms with Crippen molar-refractivity contribution < 1.29 is 4.79 Å². The van der Waals surface area contributed by atoms with Crippen LogP contribution in [0.5, 0.6) is 0 Å². The minimum atomic E-state index is -0.167. The number of rotatable bonds is 5. The molecule has 1 aliphatic rings. The van der Waals surface area contributed by atoms with E-state index in [1.54, 1.807) is 0 Å². The van der Waals surface area contributed by atoms with Gasteiger partial charge >= 0.3 is 0 Å². The number of anilines is 1. The van der Waals surface area contributed by atoms with Gasteiger partial charge in [-0.25, -0.2) is 0 Å². The van der Waals surface area contributed by atoms with E-state index in [2.05, 4.69) is 31.2 Å². The first-order valence-corrected chi connectivity index (χ1v) is 10.2. The van der Waals surface area contributed by atoms with E-state index in [-0.39, 0.29) is 11.8 Å². The monoisotopic (exact) mass is 370 g/mol. The van der Waals surface area contributed by atoms with Crippen LogP contribution in [0.1, 0.15) is 48.2 Å². The standard InChI is InChI=1S/C25H26N2O/c1-2-21-17-16-20-12-9-15-23(24(20)26-21)25(28)27(22-13-7-4-8-14-22)18-19-10-5-3-6-11-19/h3-8,10-11,13-14,16-17,23H,2,9,12,15,18H2,1H3. The maximum absolute atomic E-state index is 13.8. The van der Waals surface area contributed by atoms with E-state index in [0.29, 0.717) is 6.54 Å². The molecule has 1 unspecified atom stereocenters. The Labute approximate surface area is 167 Å². The normalized spacial score (nSPS) is 15.7. The van der Waals surface area contributed by atoms with Crippen LogP contribution in [0.3, 0.4) is 0 Å². The molecule has 3 nitrogen and oxygen atoms in total. The molecule has 2 aromatic carbocycles. The number of para-hydroxylation sites is 1. The molecule has 3 heteroatoms. The Morgan fingerprint density at radius 3 is 2.43 bits per heavy atom. The Morgan fingerprint density at radius 2 is 1.71 bits per heavy atom. The van der Waals surface area contributed by atoms with E-state index < -0.39 is 0 Å². The predicted octanol–water partition coefficient (Wildman–Crippen LogP) is 5.30. The molecule has 0 spiro atoms. The van der Waals surface area contributed by atoms with Gasteiger partial charge in [0.2, 0.25) is 5.91 Å². The van der Waals surface area contributed by atoms with E-state index in [1.807, 2.05) is 53.4 Å². The summed E-state index contributed by atoms with van der Waals surface area (Å²) in [7, 11) is 0. The summed E-state index contributed by atoms with van der Waals surface area (Å²) in [4.78, 5) is 20.5. The number of aryl methyl sites for hydroxylation is 2. The van der Waals surface area contributed by atoms with E-state index in [0.717, 1.165) is 48.3 Å². The molecule has 1 aromatic heterocycles. The summed E-state index contributed by atoms with van der Waals surface area (Å²) >= 11 is 0. The van der Waals surface area contributed by atoms with Crippen LogP contribution in [0.25, 0.3) is 0 Å². The highest BCUT2D eigenvalue weighted by Crippen LogP contribution is 2.34. The molecule has 1 atom stereocenters. The number of benzene rings is 2. The molecule has 0 bridgehead atoms. The topological polar surface area (TPSA) is 33.2 Å². The molecule has 0 saturated heterocycles. The van der Waals surface area contributed by atoms with Crippen molar-refractivity contribution in [2.75, 3.05) is 4.90 Å². The van der Waals surface area contributed by atoms with Gasteiger partial charge in [-0.1, -0.05) is 61.5 Å². The smallest absolute Gasteiger partial charge is 0.236 e. The maximum Gasteiger partial charge on any atom is 0.236 e. The average molecular weight is 370 g/mol. The number of aromatic nitrogens is 1. The zero-order valence-electron chi connectivity index (χ0n) is 16.3. The molecule has 142 valence electrons. The van der Waals surface area contributed by atoms with Gasteiger partial charge in [0.25, 0.3) is 0 Å². The number of fused-ring (bicyclic) bond motifs is 1. The average Bonchev–Trinajstić information content (AvgIpc) is 2.77. The summed E-state index contributed by atoms with van der Waals surface area (Å²) in [5, 5.41) is 0. The van der Waals surface area contributed by atoms with Gasteiger partial charge in [-0.05, 0) is 55.0 Å². The molecule has 0 aliphatic heterocycles. The first-order chi connectivity index (χ1) is 13.8. The molecule has 0 radical (unpaired) electrons. The van der Waals surface area contributed by atoms with Crippen LogP contribution in [0.15, 0.2) is 72.8 Å². The van der Waals surface area contributed by atoms with E-state index in [1.165, 1.54) is 5.56 Å². The van der Waals surface area contributed by atoms with Gasteiger partial charge in [-0.3, -0.25) is 9.78 Å². The molecular formula is C25H26N2O. The summed E-state index contributed by atoms with van der Waals surface area (Å²) in [5.74, 6) is -0.0177. The quantitative estimate of drug-likeness (QED) is 0.611. The Balaban J connectivity index is 1.70. The predicted molar refractivity (Wildman–Crippen MR) is 113 cm³/mol. The van der Waals surface area contributed by atoms with Crippen LogP contribution >= 0.6 is 0 Å². The molecule has 1 heterocycles. The number of hydrogen-bond donors (Lipinski definition) is 0. The zero-order valence-corrected chi connectivity index (χ0v) is 16.3. The molecule has 0 N–H and O–H groups in total. The lowest BCUT2D eigenvalue weighted by atomic mass is 9.85. The lowest BCUT2D eigenvalue weighted by Gasteiger charge is -2.30. The van der Waals surface area contributed by atoms with E-state index in [9.17, 15) is 4.79 Å². The Bertz CT molecular complexity index is 937. The molecule has 4 rings (SSSR count). The molecule has 1 amide bonds. The van der Waals surface area contributed by atoms with E-state index in [4.69, 9.17) is 4.98 Å². The van der Waals surface area contributed by atoms with Crippen LogP contribution in [-0.2, 0) is 24.2 Å². The van der Waals surface area contributed by atoms with Crippen molar-refractivity contribution in [3.05, 3.63) is 95.3 Å². The fourth-order valence-corrected chi connectivity index (χ4v) is 3.99. The van der Waals surface area contributed by atoms with Crippen LogP contribution in [0, 0.1) is 0 Å². The van der Waals surface area contributed by atoms with Crippen molar-refractivity contribution in [1.82, 2.24) is 4.98 Å². The number of carbonyl (C=O) groups is 1. The third-order valence-electron chi connectivity index (χ3n) is 5.52. The maximum atomic E-state index is 13.8. The SMILES string of the molecule is CCc1ccc2c(n1)C(C(=O)N(Cc1ccccc1)c1ccccc1)CCC2. The lowest BCUT2D eigenvalue weighted by Crippen LogP contribution is -2.36. The third-order valence-corrected chi connectivity index (χ3v) is 5.52. The van der Waals surface area contributed by atoms with Crippen LogP contribution in [0.4, 0.5) is 5.69 Å². The molecule has 0 saturated carbocycles. The Kier molecular flexibility index (Phi) is 5.52. The highest BCUT2D eigenvalue weighted by Gasteiger charge is 2.32. The minimum Gasteiger partial charge on any atom is -0.307 e. The van der Waals surface area contributed by atoms with Crippen LogP contribution in [0.2, 0.25) is 0 Å². The Morgan fingerprint density at radius 1 is 1.00 bits per heavy atom. The second-order valence-electron chi connectivity index (χ2n) is 7.39. The lowest BCUT2D eigenvalue weighted by molar-refractivity contribution is -0.120. The van der Waals surface area contributed by atoms with Gasteiger partial charge in [0, 0.05) is 11.4 Å². The van der Waals surface area contributed by atoms with Gasteiger partial charge in [-0.15, -0.1) is 0 Å². The largest absolute Gasteiger partial charge is 0.307 e. The van der Waals surface area contributed by atoms with Crippen LogP contribution < -0.4 is 4.90 Å². The van der Waals surface area contributed by atoms with Crippen molar-refractivity contribution in [2.45, 2.75) is 45.1 Å². The summed E-state index contributed by atoms with van der Waals surface area (Å²) in [5.41, 5.74) is 5.35. The first-order valence-electron chi connectivity index (χ1n) is 10.2. The minimum absolute atomic E-state index is 0.150. The van der Waals surface area contributed by atoms with Crippen molar-refractivity contribution in [3.63, 3.8) is 0 Å². The van der Waals surface area contributed by atoms with Gasteiger partial charge in [0.1, 0.15) is 0 Å². The number of hydrogen-bond acceptors (Lipinski definition) is 2. The second-order valence-corrected chi connectivity index (χ2v) is 7.39. The summed E-state index contributed by atoms with van der Waals surface area (Å²) < 4.78 is 0. The zero-order chi connectivity index (χ0) is 19.3. The number of carbonyl (C=O) groups excluding carboxylic acids is 1. The van der Waals surface area contributed by atoms with E-state index >= 15 is 0 Å². The molecule has 0 fully saturated rings.